The first-order chi connectivity index (χ1) is 9.45. The molecule has 0 atom stereocenters. The predicted molar refractivity (Wildman–Crippen MR) is 81.2 cm³/mol. The molecule has 20 heavy (non-hydrogen) atoms. The van der Waals surface area contributed by atoms with Gasteiger partial charge in [0, 0.05) is 19.1 Å². The van der Waals surface area contributed by atoms with Crippen molar-refractivity contribution >= 4 is 10.0 Å². The van der Waals surface area contributed by atoms with E-state index in [-0.39, 0.29) is 6.04 Å². The summed E-state index contributed by atoms with van der Waals surface area (Å²) in [5.74, 6) is 0. The molecule has 0 radical (unpaired) electrons. The van der Waals surface area contributed by atoms with Crippen LogP contribution in [0.25, 0.3) is 0 Å². The molecule has 112 valence electrons. The molecule has 0 unspecified atom stereocenters. The molecule has 1 aromatic rings. The number of aryl methyl sites for hydroxylation is 1. The molecule has 0 spiro atoms. The van der Waals surface area contributed by atoms with Gasteiger partial charge in [-0.05, 0) is 57.4 Å². The lowest BCUT2D eigenvalue weighted by Gasteiger charge is -2.33. The Hall–Kier alpha value is -0.910. The molecule has 1 N–H and O–H groups in total. The molecule has 0 aliphatic heterocycles. The molecule has 1 aromatic carbocycles. The summed E-state index contributed by atoms with van der Waals surface area (Å²) >= 11 is 0. The third-order valence-electron chi connectivity index (χ3n) is 4.29. The van der Waals surface area contributed by atoms with Crippen molar-refractivity contribution in [1.82, 2.24) is 9.62 Å². The molecule has 0 aromatic heterocycles. The van der Waals surface area contributed by atoms with Gasteiger partial charge in [-0.15, -0.1) is 0 Å². The standard InChI is InChI=1S/C15H24N2O2S/c1-12-5-4-6-15(11-12)20(18,19)17(3)14-9-7-13(16-2)8-10-14/h4-6,11,13-14,16H,7-10H2,1-3H3. The maximum atomic E-state index is 12.6. The number of nitrogens with one attached hydrogen (secondary N) is 1. The molecule has 4 nitrogen and oxygen atoms in total. The van der Waals surface area contributed by atoms with E-state index in [2.05, 4.69) is 5.32 Å². The van der Waals surface area contributed by atoms with Crippen LogP contribution in [0.2, 0.25) is 0 Å². The number of sulfonamides is 1. The lowest BCUT2D eigenvalue weighted by Crippen LogP contribution is -2.42. The van der Waals surface area contributed by atoms with Crippen molar-refractivity contribution in [3.8, 4) is 0 Å². The summed E-state index contributed by atoms with van der Waals surface area (Å²) in [6.45, 7) is 1.91. The Balaban J connectivity index is 2.14. The van der Waals surface area contributed by atoms with E-state index in [1.54, 1.807) is 29.6 Å². The molecule has 0 amide bonds. The van der Waals surface area contributed by atoms with E-state index in [0.717, 1.165) is 31.2 Å². The summed E-state index contributed by atoms with van der Waals surface area (Å²) in [7, 11) is 0.308. The lowest BCUT2D eigenvalue weighted by molar-refractivity contribution is 0.255. The molecule has 0 saturated heterocycles. The third kappa shape index (κ3) is 3.22. The van der Waals surface area contributed by atoms with Crippen LogP contribution in [-0.4, -0.2) is 38.9 Å². The molecular formula is C15H24N2O2S. The van der Waals surface area contributed by atoms with Crippen LogP contribution in [0.5, 0.6) is 0 Å². The first kappa shape index (κ1) is 15.5. The summed E-state index contributed by atoms with van der Waals surface area (Å²) in [5.41, 5.74) is 0.971. The van der Waals surface area contributed by atoms with Gasteiger partial charge in [0.15, 0.2) is 0 Å². The van der Waals surface area contributed by atoms with Gasteiger partial charge in [-0.3, -0.25) is 0 Å². The van der Waals surface area contributed by atoms with Gasteiger partial charge in [0.05, 0.1) is 4.90 Å². The second-order valence-electron chi connectivity index (χ2n) is 5.63. The highest BCUT2D eigenvalue weighted by Gasteiger charge is 2.31. The summed E-state index contributed by atoms with van der Waals surface area (Å²) in [5, 5.41) is 3.27. The van der Waals surface area contributed by atoms with Crippen LogP contribution in [0.15, 0.2) is 29.2 Å². The molecule has 5 heteroatoms. The van der Waals surface area contributed by atoms with E-state index in [1.807, 2.05) is 20.0 Å². The minimum atomic E-state index is -3.37. The zero-order chi connectivity index (χ0) is 14.8. The fraction of sp³-hybridized carbons (Fsp3) is 0.600. The average molecular weight is 296 g/mol. The van der Waals surface area contributed by atoms with Crippen LogP contribution >= 0.6 is 0 Å². The van der Waals surface area contributed by atoms with Crippen molar-refractivity contribution in [3.05, 3.63) is 29.8 Å². The van der Waals surface area contributed by atoms with E-state index in [1.165, 1.54) is 0 Å². The van der Waals surface area contributed by atoms with Gasteiger partial charge in [0.25, 0.3) is 0 Å². The van der Waals surface area contributed by atoms with Gasteiger partial charge in [0.2, 0.25) is 10.0 Å². The van der Waals surface area contributed by atoms with E-state index in [9.17, 15) is 8.42 Å². The number of hydrogen-bond acceptors (Lipinski definition) is 3. The lowest BCUT2D eigenvalue weighted by atomic mass is 9.91. The molecule has 0 heterocycles. The predicted octanol–water partition coefficient (Wildman–Crippen LogP) is 2.15. The Morgan fingerprint density at radius 2 is 1.85 bits per heavy atom. The molecule has 1 saturated carbocycles. The number of nitrogens with zero attached hydrogens (tertiary/aromatic N) is 1. The Morgan fingerprint density at radius 3 is 2.40 bits per heavy atom. The zero-order valence-corrected chi connectivity index (χ0v) is 13.3. The minimum Gasteiger partial charge on any atom is -0.317 e. The number of rotatable bonds is 4. The van der Waals surface area contributed by atoms with Gasteiger partial charge in [-0.25, -0.2) is 8.42 Å². The molecule has 1 aliphatic carbocycles. The van der Waals surface area contributed by atoms with E-state index >= 15 is 0 Å². The monoisotopic (exact) mass is 296 g/mol. The second kappa shape index (κ2) is 6.24. The Labute approximate surface area is 122 Å². The summed E-state index contributed by atoms with van der Waals surface area (Å²) in [6, 6.07) is 7.78. The number of hydrogen-bond donors (Lipinski definition) is 1. The topological polar surface area (TPSA) is 49.4 Å². The fourth-order valence-corrected chi connectivity index (χ4v) is 4.39. The Kier molecular flexibility index (Phi) is 4.83. The van der Waals surface area contributed by atoms with Crippen molar-refractivity contribution in [3.63, 3.8) is 0 Å². The summed E-state index contributed by atoms with van der Waals surface area (Å²) < 4.78 is 26.9. The average Bonchev–Trinajstić information content (AvgIpc) is 2.46. The van der Waals surface area contributed by atoms with Gasteiger partial charge >= 0.3 is 0 Å². The SMILES string of the molecule is CNC1CCC(N(C)S(=O)(=O)c2cccc(C)c2)CC1. The summed E-state index contributed by atoms with van der Waals surface area (Å²) in [4.78, 5) is 0.399. The molecule has 1 aliphatic rings. The second-order valence-corrected chi connectivity index (χ2v) is 7.63. The van der Waals surface area contributed by atoms with Crippen molar-refractivity contribution in [2.75, 3.05) is 14.1 Å². The number of benzene rings is 1. The highest BCUT2D eigenvalue weighted by molar-refractivity contribution is 7.89. The van der Waals surface area contributed by atoms with E-state index in [4.69, 9.17) is 0 Å². The maximum absolute atomic E-state index is 12.6. The first-order valence-electron chi connectivity index (χ1n) is 7.17. The van der Waals surface area contributed by atoms with Crippen LogP contribution in [0, 0.1) is 6.92 Å². The van der Waals surface area contributed by atoms with Crippen molar-refractivity contribution in [2.24, 2.45) is 0 Å². The molecule has 0 bridgehead atoms. The largest absolute Gasteiger partial charge is 0.317 e. The smallest absolute Gasteiger partial charge is 0.243 e. The Bertz CT molecular complexity index is 549. The van der Waals surface area contributed by atoms with E-state index < -0.39 is 10.0 Å². The molecule has 2 rings (SSSR count). The maximum Gasteiger partial charge on any atom is 0.243 e. The van der Waals surface area contributed by atoms with Crippen LogP contribution < -0.4 is 5.32 Å². The van der Waals surface area contributed by atoms with Crippen LogP contribution in [0.1, 0.15) is 31.2 Å². The quantitative estimate of drug-likeness (QED) is 0.926. The highest BCUT2D eigenvalue weighted by Crippen LogP contribution is 2.26. The first-order valence-corrected chi connectivity index (χ1v) is 8.61. The van der Waals surface area contributed by atoms with Crippen LogP contribution in [0.4, 0.5) is 0 Å². The van der Waals surface area contributed by atoms with Crippen LogP contribution in [-0.2, 0) is 10.0 Å². The minimum absolute atomic E-state index is 0.116. The molecule has 1 fully saturated rings. The highest BCUT2D eigenvalue weighted by atomic mass is 32.2. The van der Waals surface area contributed by atoms with Gasteiger partial charge in [-0.1, -0.05) is 12.1 Å². The van der Waals surface area contributed by atoms with Gasteiger partial charge in [-0.2, -0.15) is 4.31 Å². The normalized spacial score (nSPS) is 24.0. The van der Waals surface area contributed by atoms with Crippen molar-refractivity contribution in [1.29, 1.82) is 0 Å². The van der Waals surface area contributed by atoms with Crippen molar-refractivity contribution < 1.29 is 8.42 Å². The van der Waals surface area contributed by atoms with Gasteiger partial charge < -0.3 is 5.32 Å². The molecular weight excluding hydrogens is 272 g/mol. The van der Waals surface area contributed by atoms with Crippen molar-refractivity contribution in [2.45, 2.75) is 49.6 Å². The fourth-order valence-electron chi connectivity index (χ4n) is 2.87. The summed E-state index contributed by atoms with van der Waals surface area (Å²) in [6.07, 6.45) is 3.92. The third-order valence-corrected chi connectivity index (χ3v) is 6.19. The van der Waals surface area contributed by atoms with Crippen LogP contribution in [0.3, 0.4) is 0 Å². The zero-order valence-electron chi connectivity index (χ0n) is 12.5. The Morgan fingerprint density at radius 1 is 1.20 bits per heavy atom. The van der Waals surface area contributed by atoms with Gasteiger partial charge in [0.1, 0.15) is 0 Å². The van der Waals surface area contributed by atoms with E-state index in [0.29, 0.717) is 10.9 Å².